The number of piperazine rings is 1. The standard InChI is InChI=1S/C16H26N2O6/c1-8-12(19)17-7-16(18-8)10(9-6-20-14(2,3)22-9)21-13-11(16)23-15(4,5)24-13/h8-11,13,18H,6-7H2,1-5H3,(H,17,19)/t8-,9+,10+,11-,13+,16+/m0/s1. The molecule has 1 spiro atoms. The molecule has 0 radical (unpaired) electrons. The van der Waals surface area contributed by atoms with Crippen LogP contribution in [-0.2, 0) is 28.5 Å². The van der Waals surface area contributed by atoms with Crippen molar-refractivity contribution in [3.8, 4) is 0 Å². The van der Waals surface area contributed by atoms with E-state index >= 15 is 0 Å². The average Bonchev–Trinajstić information content (AvgIpc) is 3.06. The van der Waals surface area contributed by atoms with Gasteiger partial charge in [0, 0.05) is 6.54 Å². The van der Waals surface area contributed by atoms with E-state index in [0.717, 1.165) is 0 Å². The summed E-state index contributed by atoms with van der Waals surface area (Å²) in [4.78, 5) is 11.9. The quantitative estimate of drug-likeness (QED) is 0.686. The SMILES string of the molecule is C[C@@H]1N[C@]2(CNC1=O)[C@@H]([C@H]1COC(C)(C)O1)O[C@@H]1OC(C)(C)O[C@@H]12. The van der Waals surface area contributed by atoms with Crippen LogP contribution < -0.4 is 10.6 Å². The zero-order chi connectivity index (χ0) is 17.3. The molecule has 6 atom stereocenters. The first-order chi connectivity index (χ1) is 11.1. The van der Waals surface area contributed by atoms with Crippen molar-refractivity contribution in [2.45, 2.75) is 82.4 Å². The Bertz CT molecular complexity index is 553. The average molecular weight is 342 g/mol. The van der Waals surface area contributed by atoms with Gasteiger partial charge in [-0.2, -0.15) is 0 Å². The molecule has 0 unspecified atom stereocenters. The van der Waals surface area contributed by atoms with Crippen LogP contribution in [0, 0.1) is 0 Å². The van der Waals surface area contributed by atoms with E-state index in [1.807, 2.05) is 34.6 Å². The van der Waals surface area contributed by atoms with E-state index in [1.54, 1.807) is 0 Å². The molecule has 8 heteroatoms. The molecule has 1 amide bonds. The minimum atomic E-state index is -0.730. The molecule has 0 aromatic carbocycles. The molecule has 4 fully saturated rings. The molecule has 24 heavy (non-hydrogen) atoms. The molecule has 4 aliphatic heterocycles. The van der Waals surface area contributed by atoms with Crippen LogP contribution in [0.5, 0.6) is 0 Å². The second kappa shape index (κ2) is 5.12. The summed E-state index contributed by atoms with van der Waals surface area (Å²) in [6.07, 6.45) is -1.47. The summed E-state index contributed by atoms with van der Waals surface area (Å²) in [6, 6.07) is -0.355. The van der Waals surface area contributed by atoms with Crippen LogP contribution in [0.4, 0.5) is 0 Å². The smallest absolute Gasteiger partial charge is 0.236 e. The van der Waals surface area contributed by atoms with Crippen molar-refractivity contribution in [1.82, 2.24) is 10.6 Å². The third-order valence-electron chi connectivity index (χ3n) is 5.16. The van der Waals surface area contributed by atoms with Gasteiger partial charge in [-0.15, -0.1) is 0 Å². The van der Waals surface area contributed by atoms with Crippen LogP contribution in [0.3, 0.4) is 0 Å². The summed E-state index contributed by atoms with van der Waals surface area (Å²) in [7, 11) is 0. The van der Waals surface area contributed by atoms with Crippen LogP contribution in [0.1, 0.15) is 34.6 Å². The Hall–Kier alpha value is -0.770. The Balaban J connectivity index is 1.65. The predicted molar refractivity (Wildman–Crippen MR) is 81.9 cm³/mol. The van der Waals surface area contributed by atoms with Crippen LogP contribution in [-0.4, -0.2) is 66.8 Å². The van der Waals surface area contributed by atoms with Crippen molar-refractivity contribution >= 4 is 5.91 Å². The second-order valence-corrected chi connectivity index (χ2v) is 7.97. The lowest BCUT2D eigenvalue weighted by Gasteiger charge is -2.45. The third kappa shape index (κ3) is 2.48. The van der Waals surface area contributed by atoms with Crippen LogP contribution in [0.25, 0.3) is 0 Å². The number of hydrogen-bond donors (Lipinski definition) is 2. The molecular weight excluding hydrogens is 316 g/mol. The fraction of sp³-hybridized carbons (Fsp3) is 0.938. The van der Waals surface area contributed by atoms with Gasteiger partial charge in [0.15, 0.2) is 17.9 Å². The maximum absolute atomic E-state index is 11.9. The molecule has 136 valence electrons. The molecule has 4 heterocycles. The Labute approximate surface area is 141 Å². The second-order valence-electron chi connectivity index (χ2n) is 7.97. The number of nitrogens with one attached hydrogen (secondary N) is 2. The van der Waals surface area contributed by atoms with Gasteiger partial charge in [-0.05, 0) is 34.6 Å². The number of amides is 1. The molecule has 0 aromatic heterocycles. The summed E-state index contributed by atoms with van der Waals surface area (Å²) >= 11 is 0. The van der Waals surface area contributed by atoms with E-state index < -0.39 is 23.4 Å². The minimum absolute atomic E-state index is 0.0371. The lowest BCUT2D eigenvalue weighted by atomic mass is 9.82. The summed E-state index contributed by atoms with van der Waals surface area (Å²) in [6.45, 7) is 10.1. The number of carbonyl (C=O) groups excluding carboxylic acids is 1. The Morgan fingerprint density at radius 3 is 2.42 bits per heavy atom. The highest BCUT2D eigenvalue weighted by atomic mass is 16.8. The third-order valence-corrected chi connectivity index (χ3v) is 5.16. The lowest BCUT2D eigenvalue weighted by Crippen LogP contribution is -2.74. The van der Waals surface area contributed by atoms with E-state index in [2.05, 4.69) is 10.6 Å². The van der Waals surface area contributed by atoms with Crippen molar-refractivity contribution in [3.63, 3.8) is 0 Å². The molecule has 4 saturated heterocycles. The molecule has 0 aromatic rings. The number of carbonyl (C=O) groups is 1. The first-order valence-electron chi connectivity index (χ1n) is 8.50. The number of hydrogen-bond acceptors (Lipinski definition) is 7. The largest absolute Gasteiger partial charge is 0.353 e. The lowest BCUT2D eigenvalue weighted by molar-refractivity contribution is -0.232. The van der Waals surface area contributed by atoms with Gasteiger partial charge in [-0.3, -0.25) is 10.1 Å². The van der Waals surface area contributed by atoms with Crippen LogP contribution >= 0.6 is 0 Å². The van der Waals surface area contributed by atoms with E-state index in [1.165, 1.54) is 0 Å². The molecule has 4 aliphatic rings. The predicted octanol–water partition coefficient (Wildman–Crippen LogP) is -0.139. The fourth-order valence-corrected chi connectivity index (χ4v) is 4.16. The van der Waals surface area contributed by atoms with Gasteiger partial charge in [0.25, 0.3) is 0 Å². The van der Waals surface area contributed by atoms with Crippen molar-refractivity contribution in [2.75, 3.05) is 13.2 Å². The Morgan fingerprint density at radius 2 is 1.79 bits per heavy atom. The summed E-state index contributed by atoms with van der Waals surface area (Å²) in [5, 5.41) is 6.39. The van der Waals surface area contributed by atoms with Gasteiger partial charge in [0.05, 0.1) is 18.2 Å². The molecule has 2 N–H and O–H groups in total. The summed E-state index contributed by atoms with van der Waals surface area (Å²) < 4.78 is 30.0. The van der Waals surface area contributed by atoms with E-state index in [9.17, 15) is 4.79 Å². The zero-order valence-corrected chi connectivity index (χ0v) is 14.8. The molecular formula is C16H26N2O6. The zero-order valence-electron chi connectivity index (χ0n) is 14.8. The molecule has 0 bridgehead atoms. The van der Waals surface area contributed by atoms with Gasteiger partial charge in [0.1, 0.15) is 18.3 Å². The number of ether oxygens (including phenoxy) is 5. The molecule has 8 nitrogen and oxygen atoms in total. The number of fused-ring (bicyclic) bond motifs is 2. The van der Waals surface area contributed by atoms with Crippen molar-refractivity contribution in [1.29, 1.82) is 0 Å². The van der Waals surface area contributed by atoms with Crippen LogP contribution in [0.2, 0.25) is 0 Å². The first-order valence-corrected chi connectivity index (χ1v) is 8.50. The van der Waals surface area contributed by atoms with E-state index in [0.29, 0.717) is 13.2 Å². The summed E-state index contributed by atoms with van der Waals surface area (Å²) in [5.74, 6) is -1.42. The van der Waals surface area contributed by atoms with Crippen LogP contribution in [0.15, 0.2) is 0 Å². The van der Waals surface area contributed by atoms with Gasteiger partial charge in [0.2, 0.25) is 5.91 Å². The van der Waals surface area contributed by atoms with Crippen molar-refractivity contribution in [2.24, 2.45) is 0 Å². The topological polar surface area (TPSA) is 87.3 Å². The van der Waals surface area contributed by atoms with Gasteiger partial charge in [-0.1, -0.05) is 0 Å². The maximum atomic E-state index is 11.9. The van der Waals surface area contributed by atoms with Crippen molar-refractivity contribution < 1.29 is 28.5 Å². The van der Waals surface area contributed by atoms with Crippen molar-refractivity contribution in [3.05, 3.63) is 0 Å². The highest BCUT2D eigenvalue weighted by Gasteiger charge is 2.67. The fourth-order valence-electron chi connectivity index (χ4n) is 4.16. The van der Waals surface area contributed by atoms with Gasteiger partial charge in [-0.25, -0.2) is 0 Å². The molecule has 4 rings (SSSR count). The summed E-state index contributed by atoms with van der Waals surface area (Å²) in [5.41, 5.74) is -0.625. The van der Waals surface area contributed by atoms with E-state index in [4.69, 9.17) is 23.7 Å². The Morgan fingerprint density at radius 1 is 1.04 bits per heavy atom. The van der Waals surface area contributed by atoms with Gasteiger partial charge < -0.3 is 29.0 Å². The highest BCUT2D eigenvalue weighted by Crippen LogP contribution is 2.46. The monoisotopic (exact) mass is 342 g/mol. The minimum Gasteiger partial charge on any atom is -0.353 e. The highest BCUT2D eigenvalue weighted by molar-refractivity contribution is 5.82. The molecule has 0 saturated carbocycles. The number of rotatable bonds is 1. The first kappa shape index (κ1) is 16.7. The normalized spacial score (nSPS) is 49.4. The molecule has 0 aliphatic carbocycles. The maximum Gasteiger partial charge on any atom is 0.236 e. The van der Waals surface area contributed by atoms with Gasteiger partial charge >= 0.3 is 0 Å². The Kier molecular flexibility index (Phi) is 3.56. The van der Waals surface area contributed by atoms with E-state index in [-0.39, 0.29) is 30.3 Å².